The van der Waals surface area contributed by atoms with Crippen LogP contribution in [0.15, 0.2) is 18.2 Å². The molecule has 1 fully saturated rings. The summed E-state index contributed by atoms with van der Waals surface area (Å²) in [6.07, 6.45) is 2.28. The Morgan fingerprint density at radius 2 is 2.29 bits per heavy atom. The summed E-state index contributed by atoms with van der Waals surface area (Å²) in [5.41, 5.74) is 9.68. The monoisotopic (exact) mass is 232 g/mol. The second-order valence-corrected chi connectivity index (χ2v) is 5.14. The Balaban J connectivity index is 1.94. The van der Waals surface area contributed by atoms with Crippen molar-refractivity contribution in [2.45, 2.75) is 18.8 Å². The maximum Gasteiger partial charge on any atom is 0.0501 e. The Bertz CT molecular complexity index is 399. The van der Waals surface area contributed by atoms with E-state index in [1.807, 2.05) is 6.07 Å². The highest BCUT2D eigenvalue weighted by Crippen LogP contribution is 2.34. The zero-order valence-electron chi connectivity index (χ0n) is 10.1. The van der Waals surface area contributed by atoms with Crippen molar-refractivity contribution < 1.29 is 4.74 Å². The van der Waals surface area contributed by atoms with Gasteiger partial charge in [-0.3, -0.25) is 0 Å². The van der Waals surface area contributed by atoms with Gasteiger partial charge in [-0.15, -0.1) is 0 Å². The number of benzene rings is 1. The van der Waals surface area contributed by atoms with Crippen LogP contribution < -0.4 is 11.1 Å². The van der Waals surface area contributed by atoms with Crippen molar-refractivity contribution in [3.8, 4) is 0 Å². The molecule has 3 heteroatoms. The Labute approximate surface area is 102 Å². The summed E-state index contributed by atoms with van der Waals surface area (Å²) in [4.78, 5) is 0. The summed E-state index contributed by atoms with van der Waals surface area (Å²) < 4.78 is 5.54. The summed E-state index contributed by atoms with van der Waals surface area (Å²) in [6, 6.07) is 6.40. The van der Waals surface area contributed by atoms with E-state index in [2.05, 4.69) is 17.4 Å². The molecule has 92 valence electrons. The SMILES string of the molecule is Nc1ccc2c(c1)CCNCC2C1CCOC1. The van der Waals surface area contributed by atoms with Crippen molar-refractivity contribution in [2.24, 2.45) is 5.92 Å². The Morgan fingerprint density at radius 1 is 1.35 bits per heavy atom. The molecule has 1 aromatic rings. The molecule has 3 rings (SSSR count). The molecule has 2 unspecified atom stereocenters. The lowest BCUT2D eigenvalue weighted by Gasteiger charge is -2.23. The van der Waals surface area contributed by atoms with Crippen LogP contribution in [-0.2, 0) is 11.2 Å². The zero-order chi connectivity index (χ0) is 11.7. The summed E-state index contributed by atoms with van der Waals surface area (Å²) in [7, 11) is 0. The molecule has 0 aromatic heterocycles. The third-order valence-corrected chi connectivity index (χ3v) is 4.04. The number of rotatable bonds is 1. The standard InChI is InChI=1S/C14H20N2O/c15-12-1-2-13-10(7-12)3-5-16-8-14(13)11-4-6-17-9-11/h1-2,7,11,14,16H,3-6,8-9,15H2. The lowest BCUT2D eigenvalue weighted by Crippen LogP contribution is -2.25. The van der Waals surface area contributed by atoms with Crippen LogP contribution in [0.25, 0.3) is 0 Å². The molecule has 2 aliphatic heterocycles. The van der Waals surface area contributed by atoms with Crippen molar-refractivity contribution in [2.75, 3.05) is 32.0 Å². The maximum atomic E-state index is 5.89. The predicted molar refractivity (Wildman–Crippen MR) is 69.1 cm³/mol. The van der Waals surface area contributed by atoms with Gasteiger partial charge in [0.05, 0.1) is 6.61 Å². The van der Waals surface area contributed by atoms with E-state index < -0.39 is 0 Å². The largest absolute Gasteiger partial charge is 0.399 e. The number of nitrogens with two attached hydrogens (primary N) is 1. The molecule has 0 aliphatic carbocycles. The Morgan fingerprint density at radius 3 is 3.12 bits per heavy atom. The molecule has 0 spiro atoms. The van der Waals surface area contributed by atoms with Gasteiger partial charge in [-0.1, -0.05) is 6.07 Å². The van der Waals surface area contributed by atoms with E-state index in [9.17, 15) is 0 Å². The first-order valence-electron chi connectivity index (χ1n) is 6.51. The van der Waals surface area contributed by atoms with E-state index in [0.29, 0.717) is 11.8 Å². The number of hydrogen-bond donors (Lipinski definition) is 2. The van der Waals surface area contributed by atoms with Crippen molar-refractivity contribution in [1.29, 1.82) is 0 Å². The molecule has 1 aromatic carbocycles. The fraction of sp³-hybridized carbons (Fsp3) is 0.571. The van der Waals surface area contributed by atoms with E-state index in [0.717, 1.165) is 38.4 Å². The number of ether oxygens (including phenoxy) is 1. The van der Waals surface area contributed by atoms with Gasteiger partial charge in [0.15, 0.2) is 0 Å². The molecule has 3 N–H and O–H groups in total. The smallest absolute Gasteiger partial charge is 0.0501 e. The molecular weight excluding hydrogens is 212 g/mol. The van der Waals surface area contributed by atoms with Gasteiger partial charge in [-0.25, -0.2) is 0 Å². The summed E-state index contributed by atoms with van der Waals surface area (Å²) in [5.74, 6) is 1.26. The lowest BCUT2D eigenvalue weighted by atomic mass is 9.83. The average Bonchev–Trinajstić information content (AvgIpc) is 2.77. The van der Waals surface area contributed by atoms with Crippen LogP contribution in [0, 0.1) is 5.92 Å². The number of nitrogens with one attached hydrogen (secondary N) is 1. The van der Waals surface area contributed by atoms with Gasteiger partial charge in [-0.2, -0.15) is 0 Å². The predicted octanol–water partition coefficient (Wildman–Crippen LogP) is 1.53. The molecule has 0 saturated carbocycles. The normalized spacial score (nSPS) is 28.7. The first-order valence-corrected chi connectivity index (χ1v) is 6.51. The van der Waals surface area contributed by atoms with Gasteiger partial charge < -0.3 is 15.8 Å². The third-order valence-electron chi connectivity index (χ3n) is 4.04. The Kier molecular flexibility index (Phi) is 3.04. The fourth-order valence-corrected chi connectivity index (χ4v) is 3.09. The fourth-order valence-electron chi connectivity index (χ4n) is 3.09. The zero-order valence-corrected chi connectivity index (χ0v) is 10.1. The first-order chi connectivity index (χ1) is 8.34. The number of fused-ring (bicyclic) bond motifs is 1. The van der Waals surface area contributed by atoms with Crippen LogP contribution in [0.5, 0.6) is 0 Å². The van der Waals surface area contributed by atoms with E-state index >= 15 is 0 Å². The van der Waals surface area contributed by atoms with Gasteiger partial charge in [0, 0.05) is 24.8 Å². The molecule has 2 atom stereocenters. The molecule has 0 bridgehead atoms. The van der Waals surface area contributed by atoms with E-state index in [4.69, 9.17) is 10.5 Å². The quantitative estimate of drug-likeness (QED) is 0.722. The van der Waals surface area contributed by atoms with Crippen LogP contribution in [0.1, 0.15) is 23.5 Å². The van der Waals surface area contributed by atoms with Crippen LogP contribution in [-0.4, -0.2) is 26.3 Å². The van der Waals surface area contributed by atoms with Crippen molar-refractivity contribution in [1.82, 2.24) is 5.32 Å². The van der Waals surface area contributed by atoms with E-state index in [-0.39, 0.29) is 0 Å². The van der Waals surface area contributed by atoms with Crippen LogP contribution in [0.2, 0.25) is 0 Å². The summed E-state index contributed by atoms with van der Waals surface area (Å²) >= 11 is 0. The van der Waals surface area contributed by atoms with Crippen LogP contribution >= 0.6 is 0 Å². The first kappa shape index (κ1) is 11.1. The molecule has 2 heterocycles. The molecule has 2 aliphatic rings. The molecule has 17 heavy (non-hydrogen) atoms. The molecule has 1 saturated heterocycles. The van der Waals surface area contributed by atoms with Gasteiger partial charge in [0.25, 0.3) is 0 Å². The highest BCUT2D eigenvalue weighted by molar-refractivity contribution is 5.46. The third kappa shape index (κ3) is 2.17. The lowest BCUT2D eigenvalue weighted by molar-refractivity contribution is 0.180. The molecule has 3 nitrogen and oxygen atoms in total. The molecule has 0 radical (unpaired) electrons. The van der Waals surface area contributed by atoms with Crippen LogP contribution in [0.4, 0.5) is 5.69 Å². The van der Waals surface area contributed by atoms with Gasteiger partial charge in [0.2, 0.25) is 0 Å². The van der Waals surface area contributed by atoms with E-state index in [1.54, 1.807) is 0 Å². The second kappa shape index (κ2) is 4.67. The van der Waals surface area contributed by atoms with Crippen molar-refractivity contribution in [3.05, 3.63) is 29.3 Å². The number of nitrogen functional groups attached to an aromatic ring is 1. The minimum atomic E-state index is 0.593. The van der Waals surface area contributed by atoms with Gasteiger partial charge >= 0.3 is 0 Å². The van der Waals surface area contributed by atoms with E-state index in [1.165, 1.54) is 17.5 Å². The van der Waals surface area contributed by atoms with Crippen LogP contribution in [0.3, 0.4) is 0 Å². The van der Waals surface area contributed by atoms with Crippen molar-refractivity contribution >= 4 is 5.69 Å². The molecule has 0 amide bonds. The van der Waals surface area contributed by atoms with Gasteiger partial charge in [0.1, 0.15) is 0 Å². The minimum Gasteiger partial charge on any atom is -0.399 e. The second-order valence-electron chi connectivity index (χ2n) is 5.14. The minimum absolute atomic E-state index is 0.593. The topological polar surface area (TPSA) is 47.3 Å². The number of hydrogen-bond acceptors (Lipinski definition) is 3. The maximum absolute atomic E-state index is 5.89. The van der Waals surface area contributed by atoms with Gasteiger partial charge in [-0.05, 0) is 48.6 Å². The Hall–Kier alpha value is -1.06. The van der Waals surface area contributed by atoms with Crippen molar-refractivity contribution in [3.63, 3.8) is 0 Å². The average molecular weight is 232 g/mol. The highest BCUT2D eigenvalue weighted by atomic mass is 16.5. The molecular formula is C14H20N2O. The highest BCUT2D eigenvalue weighted by Gasteiger charge is 2.29. The summed E-state index contributed by atoms with van der Waals surface area (Å²) in [5, 5.41) is 3.54. The summed E-state index contributed by atoms with van der Waals surface area (Å²) in [6.45, 7) is 3.97. The number of anilines is 1.